The minimum atomic E-state index is -3.22. The Bertz CT molecular complexity index is 602. The van der Waals surface area contributed by atoms with Crippen LogP contribution in [0.2, 0.25) is 5.02 Å². The first-order valence-corrected chi connectivity index (χ1v) is 9.93. The topological polar surface area (TPSA) is 46.6 Å². The van der Waals surface area contributed by atoms with Gasteiger partial charge in [-0.05, 0) is 56.5 Å². The van der Waals surface area contributed by atoms with Gasteiger partial charge in [0.25, 0.3) is 0 Å². The molecule has 1 heterocycles. The summed E-state index contributed by atoms with van der Waals surface area (Å²) in [7, 11) is -3.22. The minimum Gasteiger partial charge on any atom is -0.375 e. The molecule has 0 aromatic heterocycles. The molecule has 2 atom stereocenters. The average molecular weight is 344 g/mol. The van der Waals surface area contributed by atoms with Crippen molar-refractivity contribution in [3.05, 3.63) is 29.3 Å². The van der Waals surface area contributed by atoms with Crippen LogP contribution in [0.5, 0.6) is 0 Å². The van der Waals surface area contributed by atoms with Gasteiger partial charge in [-0.1, -0.05) is 11.6 Å². The first kappa shape index (κ1) is 16.2. The predicted octanol–water partition coefficient (Wildman–Crippen LogP) is 2.76. The van der Waals surface area contributed by atoms with Gasteiger partial charge in [0.2, 0.25) is 0 Å². The molecule has 0 N–H and O–H groups in total. The standard InChI is InChI=1S/C16H22ClNO3S/c17-13-5-7-14(8-6-13)22(19,20)12-2-9-18-10-11-21-16-4-1-3-15(16)18/h5-8,15-16H,1-4,9-12H2. The van der Waals surface area contributed by atoms with E-state index in [0.29, 0.717) is 28.5 Å². The number of hydrogen-bond donors (Lipinski definition) is 0. The van der Waals surface area contributed by atoms with Gasteiger partial charge in [-0.15, -0.1) is 0 Å². The zero-order chi connectivity index (χ0) is 15.6. The van der Waals surface area contributed by atoms with Crippen LogP contribution in [0.4, 0.5) is 0 Å². The number of fused-ring (bicyclic) bond motifs is 1. The van der Waals surface area contributed by atoms with Gasteiger partial charge in [0.15, 0.2) is 9.84 Å². The molecule has 4 nitrogen and oxygen atoms in total. The monoisotopic (exact) mass is 343 g/mol. The molecule has 1 saturated carbocycles. The summed E-state index contributed by atoms with van der Waals surface area (Å²) in [5, 5.41) is 0.555. The summed E-state index contributed by atoms with van der Waals surface area (Å²) >= 11 is 5.81. The Hall–Kier alpha value is -0.620. The lowest BCUT2D eigenvalue weighted by atomic mass is 10.1. The lowest BCUT2D eigenvalue weighted by Gasteiger charge is -2.37. The quantitative estimate of drug-likeness (QED) is 0.824. The van der Waals surface area contributed by atoms with Crippen molar-refractivity contribution < 1.29 is 13.2 Å². The van der Waals surface area contributed by atoms with E-state index < -0.39 is 9.84 Å². The second-order valence-electron chi connectivity index (χ2n) is 6.07. The van der Waals surface area contributed by atoms with Crippen molar-refractivity contribution in [2.24, 2.45) is 0 Å². The van der Waals surface area contributed by atoms with E-state index in [9.17, 15) is 8.42 Å². The molecule has 0 radical (unpaired) electrons. The molecule has 1 saturated heterocycles. The summed E-state index contributed by atoms with van der Waals surface area (Å²) < 4.78 is 30.4. The van der Waals surface area contributed by atoms with Gasteiger partial charge in [-0.25, -0.2) is 8.42 Å². The first-order valence-electron chi connectivity index (χ1n) is 7.90. The Morgan fingerprint density at radius 3 is 2.77 bits per heavy atom. The molecule has 1 aromatic rings. The van der Waals surface area contributed by atoms with Crippen LogP contribution in [0.25, 0.3) is 0 Å². The van der Waals surface area contributed by atoms with E-state index in [1.54, 1.807) is 24.3 Å². The second kappa shape index (κ2) is 6.87. The molecule has 1 aliphatic carbocycles. The molecule has 2 fully saturated rings. The van der Waals surface area contributed by atoms with Crippen LogP contribution in [0.15, 0.2) is 29.2 Å². The van der Waals surface area contributed by atoms with Crippen molar-refractivity contribution >= 4 is 21.4 Å². The fraction of sp³-hybridized carbons (Fsp3) is 0.625. The Balaban J connectivity index is 1.55. The van der Waals surface area contributed by atoms with Gasteiger partial charge in [0.05, 0.1) is 23.4 Å². The highest BCUT2D eigenvalue weighted by Gasteiger charge is 2.35. The molecule has 1 aromatic carbocycles. The lowest BCUT2D eigenvalue weighted by Crippen LogP contribution is -2.48. The SMILES string of the molecule is O=S(=O)(CCCN1CCOC2CCCC21)c1ccc(Cl)cc1. The fourth-order valence-electron chi connectivity index (χ4n) is 3.50. The van der Waals surface area contributed by atoms with Crippen LogP contribution < -0.4 is 0 Å². The van der Waals surface area contributed by atoms with Crippen LogP contribution in [-0.4, -0.2) is 50.9 Å². The number of halogens is 1. The number of rotatable bonds is 5. The van der Waals surface area contributed by atoms with Crippen molar-refractivity contribution in [2.75, 3.05) is 25.4 Å². The van der Waals surface area contributed by atoms with E-state index >= 15 is 0 Å². The largest absolute Gasteiger partial charge is 0.375 e. The number of hydrogen-bond acceptors (Lipinski definition) is 4. The average Bonchev–Trinajstić information content (AvgIpc) is 2.97. The number of morpholine rings is 1. The number of sulfone groups is 1. The molecule has 122 valence electrons. The third-order valence-electron chi connectivity index (χ3n) is 4.63. The summed E-state index contributed by atoms with van der Waals surface area (Å²) in [6.45, 7) is 2.52. The molecule has 1 aliphatic heterocycles. The maximum absolute atomic E-state index is 12.3. The highest BCUT2D eigenvalue weighted by molar-refractivity contribution is 7.91. The molecule has 0 amide bonds. The summed E-state index contributed by atoms with van der Waals surface area (Å²) in [4.78, 5) is 2.77. The van der Waals surface area contributed by atoms with Crippen molar-refractivity contribution in [2.45, 2.75) is 42.7 Å². The van der Waals surface area contributed by atoms with Crippen molar-refractivity contribution in [3.63, 3.8) is 0 Å². The summed E-state index contributed by atoms with van der Waals surface area (Å²) in [5.41, 5.74) is 0. The van der Waals surface area contributed by atoms with E-state index in [1.807, 2.05) is 0 Å². The van der Waals surface area contributed by atoms with E-state index in [0.717, 1.165) is 26.1 Å². The molecule has 22 heavy (non-hydrogen) atoms. The molecule has 6 heteroatoms. The fourth-order valence-corrected chi connectivity index (χ4v) is 4.92. The smallest absolute Gasteiger partial charge is 0.178 e. The third-order valence-corrected chi connectivity index (χ3v) is 6.70. The number of ether oxygens (including phenoxy) is 1. The maximum atomic E-state index is 12.3. The normalized spacial score (nSPS) is 26.0. The molecule has 2 unspecified atom stereocenters. The van der Waals surface area contributed by atoms with Crippen molar-refractivity contribution in [1.82, 2.24) is 4.90 Å². The Morgan fingerprint density at radius 2 is 2.00 bits per heavy atom. The second-order valence-corrected chi connectivity index (χ2v) is 8.62. The van der Waals surface area contributed by atoms with E-state index in [4.69, 9.17) is 16.3 Å². The van der Waals surface area contributed by atoms with E-state index in [1.165, 1.54) is 12.8 Å². The van der Waals surface area contributed by atoms with Gasteiger partial charge in [0, 0.05) is 17.6 Å². The molecule has 0 bridgehead atoms. The first-order chi connectivity index (χ1) is 10.6. The summed E-state index contributed by atoms with van der Waals surface area (Å²) in [6.07, 6.45) is 4.56. The highest BCUT2D eigenvalue weighted by atomic mass is 35.5. The van der Waals surface area contributed by atoms with Crippen LogP contribution in [-0.2, 0) is 14.6 Å². The zero-order valence-electron chi connectivity index (χ0n) is 12.6. The third kappa shape index (κ3) is 3.65. The van der Waals surface area contributed by atoms with Crippen LogP contribution in [0.1, 0.15) is 25.7 Å². The predicted molar refractivity (Wildman–Crippen MR) is 87.1 cm³/mol. The number of nitrogens with zero attached hydrogens (tertiary/aromatic N) is 1. The molecular weight excluding hydrogens is 322 g/mol. The van der Waals surface area contributed by atoms with Crippen LogP contribution >= 0.6 is 11.6 Å². The van der Waals surface area contributed by atoms with E-state index in [2.05, 4.69) is 4.90 Å². The van der Waals surface area contributed by atoms with Gasteiger partial charge in [0.1, 0.15) is 0 Å². The van der Waals surface area contributed by atoms with Crippen LogP contribution in [0.3, 0.4) is 0 Å². The zero-order valence-corrected chi connectivity index (χ0v) is 14.2. The highest BCUT2D eigenvalue weighted by Crippen LogP contribution is 2.29. The Morgan fingerprint density at radius 1 is 1.23 bits per heavy atom. The molecule has 0 spiro atoms. The van der Waals surface area contributed by atoms with Crippen molar-refractivity contribution in [1.29, 1.82) is 0 Å². The summed E-state index contributed by atoms with van der Waals surface area (Å²) in [5.74, 6) is 0.184. The molecular formula is C16H22ClNO3S. The number of benzene rings is 1. The lowest BCUT2D eigenvalue weighted by molar-refractivity contribution is -0.0552. The van der Waals surface area contributed by atoms with E-state index in [-0.39, 0.29) is 5.75 Å². The van der Waals surface area contributed by atoms with Gasteiger partial charge < -0.3 is 4.74 Å². The Kier molecular flexibility index (Phi) is 5.07. The van der Waals surface area contributed by atoms with Gasteiger partial charge in [-0.3, -0.25) is 4.90 Å². The Labute approximate surface area is 137 Å². The summed E-state index contributed by atoms with van der Waals surface area (Å²) in [6, 6.07) is 6.91. The molecule has 2 aliphatic rings. The molecule has 3 rings (SSSR count). The van der Waals surface area contributed by atoms with Gasteiger partial charge >= 0.3 is 0 Å². The minimum absolute atomic E-state index is 0.184. The van der Waals surface area contributed by atoms with Crippen LogP contribution in [0, 0.1) is 0 Å². The van der Waals surface area contributed by atoms with Crippen molar-refractivity contribution in [3.8, 4) is 0 Å². The maximum Gasteiger partial charge on any atom is 0.178 e. The van der Waals surface area contributed by atoms with Gasteiger partial charge in [-0.2, -0.15) is 0 Å².